The van der Waals surface area contributed by atoms with Crippen molar-refractivity contribution in [2.45, 2.75) is 26.4 Å². The molecule has 15 heavy (non-hydrogen) atoms. The maximum absolute atomic E-state index is 8.54. The van der Waals surface area contributed by atoms with Crippen LogP contribution in [0.3, 0.4) is 0 Å². The number of hydrogen-bond acceptors (Lipinski definition) is 4. The van der Waals surface area contributed by atoms with Gasteiger partial charge in [-0.05, 0) is 5.57 Å². The quantitative estimate of drug-likeness (QED) is 0.719. The van der Waals surface area contributed by atoms with E-state index in [1.54, 1.807) is 11.0 Å². The Kier molecular flexibility index (Phi) is 4.01. The first-order valence-corrected chi connectivity index (χ1v) is 4.81. The first-order valence-electron chi connectivity index (χ1n) is 4.81. The van der Waals surface area contributed by atoms with E-state index < -0.39 is 0 Å². The molecule has 0 aromatic carbocycles. The van der Waals surface area contributed by atoms with Gasteiger partial charge in [-0.3, -0.25) is 0 Å². The average molecular weight is 205 g/mol. The van der Waals surface area contributed by atoms with Crippen LogP contribution in [-0.2, 0) is 6.54 Å². The first kappa shape index (κ1) is 11.4. The summed E-state index contributed by atoms with van der Waals surface area (Å²) in [7, 11) is 0. The van der Waals surface area contributed by atoms with Crippen LogP contribution in [0, 0.1) is 11.3 Å². The predicted molar refractivity (Wildman–Crippen MR) is 57.0 cm³/mol. The molecule has 1 heterocycles. The Bertz CT molecular complexity index is 371. The third-order valence-electron chi connectivity index (χ3n) is 1.78. The lowest BCUT2D eigenvalue weighted by molar-refractivity contribution is 0.587. The summed E-state index contributed by atoms with van der Waals surface area (Å²) in [5.41, 5.74) is 1.01. The molecule has 0 radical (unpaired) electrons. The second kappa shape index (κ2) is 5.27. The van der Waals surface area contributed by atoms with Crippen molar-refractivity contribution in [3.63, 3.8) is 0 Å². The monoisotopic (exact) mass is 205 g/mol. The highest BCUT2D eigenvalue weighted by Gasteiger charge is 2.01. The summed E-state index contributed by atoms with van der Waals surface area (Å²) < 4.78 is 1.61. The van der Waals surface area contributed by atoms with Crippen LogP contribution in [0.15, 0.2) is 18.5 Å². The molecule has 0 saturated heterocycles. The fourth-order valence-corrected chi connectivity index (χ4v) is 1.06. The molecule has 0 aliphatic carbocycles. The lowest BCUT2D eigenvalue weighted by atomic mass is 10.3. The molecule has 0 spiro atoms. The van der Waals surface area contributed by atoms with Gasteiger partial charge < -0.3 is 5.32 Å². The van der Waals surface area contributed by atoms with Crippen LogP contribution >= 0.6 is 0 Å². The average Bonchev–Trinajstić information content (AvgIpc) is 2.62. The van der Waals surface area contributed by atoms with Crippen molar-refractivity contribution in [2.75, 3.05) is 6.54 Å². The van der Waals surface area contributed by atoms with Gasteiger partial charge in [-0.15, -0.1) is 5.10 Å². The summed E-state index contributed by atoms with van der Waals surface area (Å²) in [4.78, 5) is 3.81. The summed E-state index contributed by atoms with van der Waals surface area (Å²) in [6, 6.07) is 2.32. The molecule has 1 aromatic rings. The molecule has 1 aromatic heterocycles. The van der Waals surface area contributed by atoms with E-state index in [0.717, 1.165) is 12.1 Å². The molecule has 0 aliphatic heterocycles. The Morgan fingerprint density at radius 3 is 3.00 bits per heavy atom. The van der Waals surface area contributed by atoms with Gasteiger partial charge in [-0.1, -0.05) is 20.4 Å². The molecule has 0 unspecified atom stereocenters. The third-order valence-corrected chi connectivity index (χ3v) is 1.78. The topological polar surface area (TPSA) is 66.5 Å². The van der Waals surface area contributed by atoms with E-state index in [9.17, 15) is 0 Å². The van der Waals surface area contributed by atoms with Crippen LogP contribution in [-0.4, -0.2) is 27.4 Å². The Morgan fingerprint density at radius 2 is 2.47 bits per heavy atom. The van der Waals surface area contributed by atoms with Crippen molar-refractivity contribution in [2.24, 2.45) is 0 Å². The Balaban J connectivity index is 2.41. The fourth-order valence-electron chi connectivity index (χ4n) is 1.06. The second-order valence-electron chi connectivity index (χ2n) is 3.66. The van der Waals surface area contributed by atoms with Gasteiger partial charge in [0, 0.05) is 12.6 Å². The van der Waals surface area contributed by atoms with Crippen molar-refractivity contribution in [1.29, 1.82) is 5.26 Å². The number of nitrogens with zero attached hydrogens (tertiary/aromatic N) is 4. The summed E-state index contributed by atoms with van der Waals surface area (Å²) in [5, 5.41) is 15.7. The summed E-state index contributed by atoms with van der Waals surface area (Å²) >= 11 is 0. The Morgan fingerprint density at radius 1 is 1.73 bits per heavy atom. The SMILES string of the molecule is C=C(CNC(C)C)Cn1cnc(C#N)n1. The lowest BCUT2D eigenvalue weighted by Gasteiger charge is -2.09. The maximum Gasteiger partial charge on any atom is 0.252 e. The minimum Gasteiger partial charge on any atom is -0.311 e. The minimum atomic E-state index is 0.194. The Labute approximate surface area is 89.4 Å². The number of nitriles is 1. The van der Waals surface area contributed by atoms with Crippen LogP contribution in [0.4, 0.5) is 0 Å². The highest BCUT2D eigenvalue weighted by Crippen LogP contribution is 1.95. The molecular weight excluding hydrogens is 190 g/mol. The molecule has 5 nitrogen and oxygen atoms in total. The van der Waals surface area contributed by atoms with Crippen molar-refractivity contribution in [1.82, 2.24) is 20.1 Å². The number of aromatic nitrogens is 3. The van der Waals surface area contributed by atoms with Crippen molar-refractivity contribution < 1.29 is 0 Å². The molecule has 0 aliphatic rings. The number of rotatable bonds is 5. The van der Waals surface area contributed by atoms with Gasteiger partial charge in [0.25, 0.3) is 5.82 Å². The van der Waals surface area contributed by atoms with Crippen LogP contribution in [0.2, 0.25) is 0 Å². The van der Waals surface area contributed by atoms with Crippen molar-refractivity contribution in [3.05, 3.63) is 24.3 Å². The van der Waals surface area contributed by atoms with Crippen LogP contribution in [0.5, 0.6) is 0 Å². The van der Waals surface area contributed by atoms with Gasteiger partial charge in [-0.25, -0.2) is 9.67 Å². The van der Waals surface area contributed by atoms with E-state index in [2.05, 4.69) is 35.8 Å². The van der Waals surface area contributed by atoms with Gasteiger partial charge in [0.1, 0.15) is 12.4 Å². The number of hydrogen-bond donors (Lipinski definition) is 1. The van der Waals surface area contributed by atoms with E-state index in [1.165, 1.54) is 0 Å². The smallest absolute Gasteiger partial charge is 0.252 e. The molecule has 1 N–H and O–H groups in total. The van der Waals surface area contributed by atoms with E-state index in [0.29, 0.717) is 12.6 Å². The minimum absolute atomic E-state index is 0.194. The highest BCUT2D eigenvalue weighted by atomic mass is 15.3. The highest BCUT2D eigenvalue weighted by molar-refractivity contribution is 5.06. The molecule has 0 bridgehead atoms. The lowest BCUT2D eigenvalue weighted by Crippen LogP contribution is -2.26. The molecule has 80 valence electrons. The Hall–Kier alpha value is -1.67. The normalized spacial score (nSPS) is 10.3. The van der Waals surface area contributed by atoms with Gasteiger partial charge in [0.05, 0.1) is 6.54 Å². The van der Waals surface area contributed by atoms with Crippen molar-refractivity contribution in [3.8, 4) is 6.07 Å². The third kappa shape index (κ3) is 3.92. The molecule has 0 atom stereocenters. The zero-order chi connectivity index (χ0) is 11.3. The fraction of sp³-hybridized carbons (Fsp3) is 0.500. The van der Waals surface area contributed by atoms with E-state index >= 15 is 0 Å². The van der Waals surface area contributed by atoms with Crippen LogP contribution < -0.4 is 5.32 Å². The van der Waals surface area contributed by atoms with E-state index in [4.69, 9.17) is 5.26 Å². The van der Waals surface area contributed by atoms with Crippen molar-refractivity contribution >= 4 is 0 Å². The largest absolute Gasteiger partial charge is 0.311 e. The molecular formula is C10H15N5. The van der Waals surface area contributed by atoms with E-state index in [-0.39, 0.29) is 5.82 Å². The van der Waals surface area contributed by atoms with Gasteiger partial charge in [0.15, 0.2) is 0 Å². The first-order chi connectivity index (χ1) is 7.11. The summed E-state index contributed by atoms with van der Waals surface area (Å²) in [6.45, 7) is 9.42. The van der Waals surface area contributed by atoms with E-state index in [1.807, 2.05) is 6.07 Å². The molecule has 0 saturated carbocycles. The maximum atomic E-state index is 8.54. The van der Waals surface area contributed by atoms with Gasteiger partial charge >= 0.3 is 0 Å². The van der Waals surface area contributed by atoms with Gasteiger partial charge in [0.2, 0.25) is 0 Å². The van der Waals surface area contributed by atoms with Gasteiger partial charge in [-0.2, -0.15) is 5.26 Å². The predicted octanol–water partition coefficient (Wildman–Crippen LogP) is 0.704. The zero-order valence-electron chi connectivity index (χ0n) is 9.06. The summed E-state index contributed by atoms with van der Waals surface area (Å²) in [6.07, 6.45) is 1.54. The zero-order valence-corrected chi connectivity index (χ0v) is 9.06. The van der Waals surface area contributed by atoms with Crippen LogP contribution in [0.25, 0.3) is 0 Å². The standard InChI is InChI=1S/C10H15N5/c1-8(2)12-5-9(3)6-15-7-13-10(4-11)14-15/h7-8,12H,3,5-6H2,1-2H3. The molecule has 1 rings (SSSR count). The molecule has 0 amide bonds. The number of nitrogens with one attached hydrogen (secondary N) is 1. The van der Waals surface area contributed by atoms with Crippen LogP contribution in [0.1, 0.15) is 19.7 Å². The molecule has 5 heteroatoms. The molecule has 0 fully saturated rings. The summed E-state index contributed by atoms with van der Waals surface area (Å²) in [5.74, 6) is 0.194. The second-order valence-corrected chi connectivity index (χ2v) is 3.66.